The van der Waals surface area contributed by atoms with Crippen LogP contribution >= 0.6 is 0 Å². The van der Waals surface area contributed by atoms with Crippen LogP contribution in [0.5, 0.6) is 0 Å². The number of nitrogens with one attached hydrogen (secondary N) is 1. The molecular formula is C10H21NO4S. The third-order valence-corrected chi connectivity index (χ3v) is 4.72. The quantitative estimate of drug-likeness (QED) is 0.772. The van der Waals surface area contributed by atoms with Crippen molar-refractivity contribution in [1.29, 1.82) is 0 Å². The fourth-order valence-corrected chi connectivity index (χ4v) is 2.24. The van der Waals surface area contributed by atoms with E-state index in [1.165, 1.54) is 27.7 Å². The molecule has 0 fully saturated rings. The molecule has 16 heavy (non-hydrogen) atoms. The van der Waals surface area contributed by atoms with Gasteiger partial charge in [-0.15, -0.1) is 0 Å². The van der Waals surface area contributed by atoms with Gasteiger partial charge >= 0.3 is 5.97 Å². The van der Waals surface area contributed by atoms with Gasteiger partial charge in [-0.2, -0.15) is 4.72 Å². The van der Waals surface area contributed by atoms with Gasteiger partial charge in [-0.25, -0.2) is 8.42 Å². The average Bonchev–Trinajstić information content (AvgIpc) is 2.00. The molecule has 0 bridgehead atoms. The first-order chi connectivity index (χ1) is 6.96. The maximum Gasteiger partial charge on any atom is 0.324 e. The van der Waals surface area contributed by atoms with E-state index in [1.807, 2.05) is 6.92 Å². The first-order valence-corrected chi connectivity index (χ1v) is 6.71. The predicted octanol–water partition coefficient (Wildman–Crippen LogP) is 1.35. The molecule has 0 spiro atoms. The van der Waals surface area contributed by atoms with Crippen LogP contribution in [0.3, 0.4) is 0 Å². The van der Waals surface area contributed by atoms with Crippen molar-refractivity contribution in [2.75, 3.05) is 0 Å². The van der Waals surface area contributed by atoms with E-state index in [0.717, 1.165) is 0 Å². The van der Waals surface area contributed by atoms with Crippen LogP contribution in [0.2, 0.25) is 0 Å². The molecule has 0 aromatic carbocycles. The smallest absolute Gasteiger partial charge is 0.324 e. The molecule has 0 saturated heterocycles. The molecule has 1 unspecified atom stereocenters. The van der Waals surface area contributed by atoms with Crippen molar-refractivity contribution in [3.05, 3.63) is 0 Å². The summed E-state index contributed by atoms with van der Waals surface area (Å²) in [5.74, 6) is -1.15. The highest BCUT2D eigenvalue weighted by Gasteiger charge is 2.40. The Hall–Kier alpha value is -0.620. The van der Waals surface area contributed by atoms with E-state index >= 15 is 0 Å². The number of carboxylic acids is 1. The van der Waals surface area contributed by atoms with Crippen molar-refractivity contribution in [2.45, 2.75) is 57.7 Å². The fourth-order valence-electron chi connectivity index (χ4n) is 1.15. The molecule has 0 heterocycles. The zero-order chi connectivity index (χ0) is 13.2. The van der Waals surface area contributed by atoms with Gasteiger partial charge in [-0.3, -0.25) is 4.79 Å². The number of rotatable bonds is 5. The molecule has 6 heteroatoms. The van der Waals surface area contributed by atoms with Gasteiger partial charge < -0.3 is 5.11 Å². The second-order valence-electron chi connectivity index (χ2n) is 5.11. The molecule has 0 aliphatic carbocycles. The normalized spacial score (nSPS) is 16.8. The van der Waals surface area contributed by atoms with Gasteiger partial charge in [0.15, 0.2) is 0 Å². The molecule has 0 aromatic heterocycles. The summed E-state index contributed by atoms with van der Waals surface area (Å²) >= 11 is 0. The van der Waals surface area contributed by atoms with Crippen molar-refractivity contribution in [3.63, 3.8) is 0 Å². The fraction of sp³-hybridized carbons (Fsp3) is 0.900. The summed E-state index contributed by atoms with van der Waals surface area (Å²) in [4.78, 5) is 11.1. The van der Waals surface area contributed by atoms with Crippen LogP contribution in [0.25, 0.3) is 0 Å². The lowest BCUT2D eigenvalue weighted by Gasteiger charge is -2.30. The Kier molecular flexibility index (Phi) is 4.53. The van der Waals surface area contributed by atoms with Crippen LogP contribution in [-0.4, -0.2) is 29.8 Å². The van der Waals surface area contributed by atoms with Crippen molar-refractivity contribution in [2.24, 2.45) is 0 Å². The molecule has 2 N–H and O–H groups in total. The number of carbonyl (C=O) groups is 1. The molecule has 0 radical (unpaired) electrons. The lowest BCUT2D eigenvalue weighted by atomic mass is 9.98. The van der Waals surface area contributed by atoms with Gasteiger partial charge in [0.05, 0.1) is 4.75 Å². The maximum atomic E-state index is 11.9. The number of sulfonamides is 1. The number of hydrogen-bond donors (Lipinski definition) is 2. The first kappa shape index (κ1) is 15.4. The van der Waals surface area contributed by atoms with Crippen molar-refractivity contribution in [1.82, 2.24) is 4.72 Å². The molecular weight excluding hydrogens is 230 g/mol. The molecule has 0 aliphatic heterocycles. The Balaban J connectivity index is 5.14. The highest BCUT2D eigenvalue weighted by Crippen LogP contribution is 2.20. The van der Waals surface area contributed by atoms with Crippen LogP contribution in [0.1, 0.15) is 47.5 Å². The van der Waals surface area contributed by atoms with Crippen LogP contribution in [0.4, 0.5) is 0 Å². The third kappa shape index (κ3) is 3.45. The minimum absolute atomic E-state index is 0.262. The first-order valence-electron chi connectivity index (χ1n) is 5.23. The summed E-state index contributed by atoms with van der Waals surface area (Å²) in [6.45, 7) is 7.80. The molecule has 0 aliphatic rings. The predicted molar refractivity (Wildman–Crippen MR) is 62.8 cm³/mol. The summed E-state index contributed by atoms with van der Waals surface area (Å²) in [6, 6.07) is 0. The summed E-state index contributed by atoms with van der Waals surface area (Å²) in [6.07, 6.45) is 0.854. The highest BCUT2D eigenvalue weighted by molar-refractivity contribution is 7.90. The second kappa shape index (κ2) is 4.71. The SMILES string of the molecule is CCCC(C)(NS(=O)(=O)C(C)(C)C)C(=O)O. The molecule has 5 nitrogen and oxygen atoms in total. The van der Waals surface area contributed by atoms with Gasteiger partial charge in [-0.05, 0) is 34.1 Å². The van der Waals surface area contributed by atoms with E-state index < -0.39 is 26.3 Å². The van der Waals surface area contributed by atoms with Crippen LogP contribution in [0.15, 0.2) is 0 Å². The minimum atomic E-state index is -3.65. The molecule has 0 saturated carbocycles. The maximum absolute atomic E-state index is 11.9. The van der Waals surface area contributed by atoms with Crippen molar-refractivity contribution >= 4 is 16.0 Å². The molecule has 0 amide bonds. The molecule has 1 atom stereocenters. The van der Waals surface area contributed by atoms with Crippen LogP contribution in [0, 0.1) is 0 Å². The summed E-state index contributed by atoms with van der Waals surface area (Å²) < 4.78 is 25.0. The third-order valence-electron chi connectivity index (χ3n) is 2.39. The van der Waals surface area contributed by atoms with E-state index in [2.05, 4.69) is 4.72 Å². The van der Waals surface area contributed by atoms with Crippen molar-refractivity contribution < 1.29 is 18.3 Å². The lowest BCUT2D eigenvalue weighted by Crippen LogP contribution is -2.56. The largest absolute Gasteiger partial charge is 0.480 e. The summed E-state index contributed by atoms with van der Waals surface area (Å²) in [5.41, 5.74) is -1.43. The summed E-state index contributed by atoms with van der Waals surface area (Å²) in [7, 11) is -3.65. The Labute approximate surface area is 97.3 Å². The Morgan fingerprint density at radius 2 is 1.69 bits per heavy atom. The van der Waals surface area contributed by atoms with E-state index in [4.69, 9.17) is 5.11 Å². The Morgan fingerprint density at radius 1 is 1.25 bits per heavy atom. The van der Waals surface area contributed by atoms with Gasteiger partial charge in [0, 0.05) is 0 Å². The second-order valence-corrected chi connectivity index (χ2v) is 7.54. The standard InChI is InChI=1S/C10H21NO4S/c1-6-7-10(5,8(12)13)11-16(14,15)9(2,3)4/h11H,6-7H2,1-5H3,(H,12,13). The van der Waals surface area contributed by atoms with E-state index in [0.29, 0.717) is 6.42 Å². The van der Waals surface area contributed by atoms with Crippen LogP contribution in [-0.2, 0) is 14.8 Å². The molecule has 0 aromatic rings. The van der Waals surface area contributed by atoms with Crippen molar-refractivity contribution in [3.8, 4) is 0 Å². The zero-order valence-electron chi connectivity index (χ0n) is 10.5. The zero-order valence-corrected chi connectivity index (χ0v) is 11.3. The number of carboxylic acid groups (broad SMARTS) is 1. The van der Waals surface area contributed by atoms with E-state index in [-0.39, 0.29) is 6.42 Å². The molecule has 0 rings (SSSR count). The van der Waals surface area contributed by atoms with Gasteiger partial charge in [0.25, 0.3) is 0 Å². The monoisotopic (exact) mass is 251 g/mol. The Bertz CT molecular complexity index is 356. The van der Waals surface area contributed by atoms with E-state index in [1.54, 1.807) is 0 Å². The molecule has 96 valence electrons. The van der Waals surface area contributed by atoms with E-state index in [9.17, 15) is 13.2 Å². The lowest BCUT2D eigenvalue weighted by molar-refractivity contribution is -0.143. The number of aliphatic carboxylic acids is 1. The highest BCUT2D eigenvalue weighted by atomic mass is 32.2. The summed E-state index contributed by atoms with van der Waals surface area (Å²) in [5, 5.41) is 9.07. The average molecular weight is 251 g/mol. The topological polar surface area (TPSA) is 83.5 Å². The van der Waals surface area contributed by atoms with Gasteiger partial charge in [-0.1, -0.05) is 13.3 Å². The van der Waals surface area contributed by atoms with Crippen LogP contribution < -0.4 is 4.72 Å². The van der Waals surface area contributed by atoms with Gasteiger partial charge in [0.2, 0.25) is 10.0 Å². The van der Waals surface area contributed by atoms with Gasteiger partial charge in [0.1, 0.15) is 5.54 Å². The minimum Gasteiger partial charge on any atom is -0.480 e. The number of hydrogen-bond acceptors (Lipinski definition) is 3. The Morgan fingerprint density at radius 3 is 1.94 bits per heavy atom.